The van der Waals surface area contributed by atoms with Crippen molar-refractivity contribution < 1.29 is 23.9 Å². The molecule has 0 aromatic heterocycles. The molecular weight excluding hydrogens is 422 g/mol. The van der Waals surface area contributed by atoms with Gasteiger partial charge < -0.3 is 20.1 Å². The molecule has 2 fully saturated rings. The minimum atomic E-state index is -0.832. The third-order valence-electron chi connectivity index (χ3n) is 6.75. The van der Waals surface area contributed by atoms with Crippen LogP contribution < -0.4 is 20.1 Å². The van der Waals surface area contributed by atoms with Crippen molar-refractivity contribution in [1.82, 2.24) is 15.5 Å². The fourth-order valence-electron chi connectivity index (χ4n) is 4.48. The highest BCUT2D eigenvalue weighted by Gasteiger charge is 2.52. The van der Waals surface area contributed by atoms with Gasteiger partial charge in [0.1, 0.15) is 12.1 Å². The van der Waals surface area contributed by atoms with Crippen LogP contribution in [0, 0.1) is 11.8 Å². The molecule has 1 aromatic carbocycles. The van der Waals surface area contributed by atoms with Crippen LogP contribution in [0.5, 0.6) is 11.5 Å². The van der Waals surface area contributed by atoms with Crippen LogP contribution in [0.25, 0.3) is 0 Å². The lowest BCUT2D eigenvalue weighted by Gasteiger charge is -2.34. The van der Waals surface area contributed by atoms with Gasteiger partial charge in [0.15, 0.2) is 11.5 Å². The molecule has 0 radical (unpaired) electrons. The van der Waals surface area contributed by atoms with Gasteiger partial charge in [0.2, 0.25) is 5.91 Å². The van der Waals surface area contributed by atoms with Crippen molar-refractivity contribution in [1.29, 1.82) is 0 Å². The molecule has 1 heterocycles. The lowest BCUT2D eigenvalue weighted by atomic mass is 9.75. The Kier molecular flexibility index (Phi) is 8.21. The van der Waals surface area contributed by atoms with Crippen LogP contribution in [-0.4, -0.2) is 48.5 Å². The Hall–Kier alpha value is -2.77. The number of nitrogens with one attached hydrogen (secondary N) is 2. The number of carbonyl (C=O) groups excluding carboxylic acids is 3. The molecule has 2 N–H and O–H groups in total. The molecule has 0 unspecified atom stereocenters. The summed E-state index contributed by atoms with van der Waals surface area (Å²) >= 11 is 0. The van der Waals surface area contributed by atoms with Crippen molar-refractivity contribution in [2.24, 2.45) is 11.8 Å². The van der Waals surface area contributed by atoms with Crippen LogP contribution in [0.1, 0.15) is 64.9 Å². The molecule has 2 aliphatic rings. The molecule has 3 rings (SSSR count). The van der Waals surface area contributed by atoms with Crippen molar-refractivity contribution in [3.8, 4) is 11.5 Å². The highest BCUT2D eigenvalue weighted by molar-refractivity contribution is 6.09. The van der Waals surface area contributed by atoms with E-state index in [9.17, 15) is 14.4 Å². The number of benzene rings is 1. The molecule has 33 heavy (non-hydrogen) atoms. The molecule has 1 aromatic rings. The van der Waals surface area contributed by atoms with E-state index in [-0.39, 0.29) is 24.9 Å². The Labute approximate surface area is 196 Å². The normalized spacial score (nSPS) is 22.6. The summed E-state index contributed by atoms with van der Waals surface area (Å²) in [6.07, 6.45) is 5.15. The Bertz CT molecular complexity index is 862. The molecule has 1 aliphatic carbocycles. The molecule has 1 aliphatic heterocycles. The fourth-order valence-corrected chi connectivity index (χ4v) is 4.48. The van der Waals surface area contributed by atoms with E-state index in [1.54, 1.807) is 7.11 Å². The second-order valence-corrected chi connectivity index (χ2v) is 9.55. The average Bonchev–Trinajstić information content (AvgIpc) is 3.02. The second-order valence-electron chi connectivity index (χ2n) is 9.55. The smallest absolute Gasteiger partial charge is 0.325 e. The lowest BCUT2D eigenvalue weighted by molar-refractivity contribution is -0.136. The molecule has 8 nitrogen and oxygen atoms in total. The van der Waals surface area contributed by atoms with E-state index in [0.29, 0.717) is 42.8 Å². The van der Waals surface area contributed by atoms with Gasteiger partial charge >= 0.3 is 6.03 Å². The number of imide groups is 1. The minimum absolute atomic E-state index is 0.258. The second kappa shape index (κ2) is 10.9. The Morgan fingerprint density at radius 2 is 1.97 bits per heavy atom. The van der Waals surface area contributed by atoms with Crippen molar-refractivity contribution in [2.45, 2.75) is 71.4 Å². The van der Waals surface area contributed by atoms with E-state index < -0.39 is 11.6 Å². The lowest BCUT2D eigenvalue weighted by Crippen LogP contribution is -2.50. The van der Waals surface area contributed by atoms with Gasteiger partial charge in [-0.2, -0.15) is 0 Å². The van der Waals surface area contributed by atoms with Gasteiger partial charge in [-0.3, -0.25) is 14.5 Å². The topological polar surface area (TPSA) is 97.0 Å². The zero-order valence-electron chi connectivity index (χ0n) is 20.2. The number of urea groups is 1. The number of hydrogen-bond donors (Lipinski definition) is 2. The van der Waals surface area contributed by atoms with E-state index in [2.05, 4.69) is 31.4 Å². The van der Waals surface area contributed by atoms with Gasteiger partial charge in [-0.05, 0) is 61.6 Å². The highest BCUT2D eigenvalue weighted by Crippen LogP contribution is 2.37. The summed E-state index contributed by atoms with van der Waals surface area (Å²) in [4.78, 5) is 39.0. The number of carbonyl (C=O) groups is 3. The maximum Gasteiger partial charge on any atom is 0.325 e. The molecule has 0 bridgehead atoms. The van der Waals surface area contributed by atoms with Crippen molar-refractivity contribution >= 4 is 17.8 Å². The fraction of sp³-hybridized carbons (Fsp3) is 0.640. The first kappa shape index (κ1) is 24.9. The maximum absolute atomic E-state index is 13.0. The van der Waals surface area contributed by atoms with E-state index >= 15 is 0 Å². The van der Waals surface area contributed by atoms with E-state index in [4.69, 9.17) is 9.47 Å². The van der Waals surface area contributed by atoms with E-state index in [1.165, 1.54) is 0 Å². The summed E-state index contributed by atoms with van der Waals surface area (Å²) in [7, 11) is 1.58. The van der Waals surface area contributed by atoms with E-state index in [0.717, 1.165) is 36.1 Å². The first-order chi connectivity index (χ1) is 15.8. The van der Waals surface area contributed by atoms with Crippen LogP contribution in [0.2, 0.25) is 0 Å². The van der Waals surface area contributed by atoms with Crippen molar-refractivity contribution in [3.05, 3.63) is 23.8 Å². The molecule has 182 valence electrons. The van der Waals surface area contributed by atoms with Crippen LogP contribution in [0.4, 0.5) is 4.79 Å². The predicted molar refractivity (Wildman–Crippen MR) is 125 cm³/mol. The summed E-state index contributed by atoms with van der Waals surface area (Å²) in [5, 5.41) is 5.66. The quantitative estimate of drug-likeness (QED) is 0.521. The zero-order chi connectivity index (χ0) is 24.0. The third-order valence-corrected chi connectivity index (χ3v) is 6.75. The monoisotopic (exact) mass is 459 g/mol. The van der Waals surface area contributed by atoms with Crippen LogP contribution in [0.3, 0.4) is 0 Å². The molecule has 4 amide bonds. The van der Waals surface area contributed by atoms with Gasteiger partial charge in [0.25, 0.3) is 5.91 Å². The third kappa shape index (κ3) is 5.97. The largest absolute Gasteiger partial charge is 0.493 e. The summed E-state index contributed by atoms with van der Waals surface area (Å²) in [6, 6.07) is 5.03. The first-order valence-electron chi connectivity index (χ1n) is 12.0. The maximum atomic E-state index is 13.0. The molecule has 1 saturated heterocycles. The highest BCUT2D eigenvalue weighted by atomic mass is 16.5. The van der Waals surface area contributed by atoms with Crippen LogP contribution >= 0.6 is 0 Å². The number of amides is 4. The molecular formula is C25H37N3O5. The van der Waals surface area contributed by atoms with Gasteiger partial charge in [0.05, 0.1) is 13.7 Å². The number of methoxy groups -OCH3 is 1. The van der Waals surface area contributed by atoms with Gasteiger partial charge in [-0.25, -0.2) is 4.79 Å². The first-order valence-corrected chi connectivity index (χ1v) is 12.0. The van der Waals surface area contributed by atoms with Crippen LogP contribution in [0.15, 0.2) is 18.2 Å². The summed E-state index contributed by atoms with van der Waals surface area (Å²) in [5.74, 6) is 1.76. The van der Waals surface area contributed by atoms with Crippen LogP contribution in [-0.2, 0) is 16.1 Å². The van der Waals surface area contributed by atoms with Crippen molar-refractivity contribution in [2.75, 3.05) is 20.3 Å². The molecule has 8 heteroatoms. The Morgan fingerprint density at radius 3 is 2.61 bits per heavy atom. The van der Waals surface area contributed by atoms with Gasteiger partial charge in [-0.1, -0.05) is 33.3 Å². The number of hydrogen-bond acceptors (Lipinski definition) is 5. The van der Waals surface area contributed by atoms with Gasteiger partial charge in [0, 0.05) is 6.54 Å². The van der Waals surface area contributed by atoms with E-state index in [1.807, 2.05) is 18.2 Å². The summed E-state index contributed by atoms with van der Waals surface area (Å²) < 4.78 is 11.2. The van der Waals surface area contributed by atoms with Gasteiger partial charge in [-0.15, -0.1) is 0 Å². The predicted octanol–water partition coefficient (Wildman–Crippen LogP) is 3.63. The summed E-state index contributed by atoms with van der Waals surface area (Å²) in [6.45, 7) is 7.02. The Morgan fingerprint density at radius 1 is 1.24 bits per heavy atom. The number of ether oxygens (including phenoxy) is 2. The van der Waals surface area contributed by atoms with Crippen molar-refractivity contribution in [3.63, 3.8) is 0 Å². The summed E-state index contributed by atoms with van der Waals surface area (Å²) in [5.41, 5.74) is 0.00453. The number of nitrogens with zero attached hydrogens (tertiary/aromatic N) is 1. The SMILES string of the molecule is CCC1CCC2(CC1)NC(=O)N(CC(=O)NCc1ccc(OCCC(C)C)c(OC)c1)C2=O. The number of rotatable bonds is 10. The molecule has 1 saturated carbocycles. The standard InChI is InChI=1S/C25H37N3O5/c1-5-18-8-11-25(12-9-18)23(30)28(24(31)27-25)16-22(29)26-15-19-6-7-20(21(14-19)32-4)33-13-10-17(2)3/h6-7,14,17-18H,5,8-13,15-16H2,1-4H3,(H,26,29)(H,27,31). The minimum Gasteiger partial charge on any atom is -0.493 e. The average molecular weight is 460 g/mol. The molecule has 1 spiro atoms. The zero-order valence-corrected chi connectivity index (χ0v) is 20.2. The Balaban J connectivity index is 1.53. The molecule has 0 atom stereocenters.